The number of amides is 1. The average molecular weight is 300 g/mol. The third-order valence-corrected chi connectivity index (χ3v) is 4.83. The lowest BCUT2D eigenvalue weighted by Gasteiger charge is -2.20. The fraction of sp³-hybridized carbons (Fsp3) is 0.412. The Balaban J connectivity index is 1.90. The largest absolute Gasteiger partial charge is 0.481 e. The Hall–Kier alpha value is -2.30. The number of hydrogen-bond acceptors (Lipinski definition) is 2. The van der Waals surface area contributed by atoms with Gasteiger partial charge in [-0.2, -0.15) is 0 Å². The average Bonchev–Trinajstić information content (AvgIpc) is 3.01. The van der Waals surface area contributed by atoms with E-state index < -0.39 is 11.4 Å². The highest BCUT2D eigenvalue weighted by atomic mass is 16.4. The Bertz CT molecular complexity index is 778. The second kappa shape index (κ2) is 4.87. The summed E-state index contributed by atoms with van der Waals surface area (Å²) in [4.78, 5) is 28.9. The number of fused-ring (bicyclic) bond motifs is 1. The Morgan fingerprint density at radius 2 is 2.05 bits per heavy atom. The molecule has 0 bridgehead atoms. The quantitative estimate of drug-likeness (QED) is 0.895. The van der Waals surface area contributed by atoms with Crippen LogP contribution in [0.5, 0.6) is 0 Å². The maximum atomic E-state index is 12.6. The summed E-state index contributed by atoms with van der Waals surface area (Å²) in [6.07, 6.45) is 0.499. The number of aryl methyl sites for hydroxylation is 2. The summed E-state index contributed by atoms with van der Waals surface area (Å²) in [5, 5.41) is 10.3. The van der Waals surface area contributed by atoms with E-state index in [4.69, 9.17) is 0 Å². The van der Waals surface area contributed by atoms with Crippen molar-refractivity contribution < 1.29 is 14.7 Å². The molecule has 2 heterocycles. The standard InChI is InChI=1S/C17H20N2O3/c1-10-11(2)18-14-5-4-12(8-13(10)14)15(20)19-7-6-17(3,9-19)16(21)22/h4-5,8,18H,6-7,9H2,1-3H3,(H,21,22)/t17-/m1/s1. The lowest BCUT2D eigenvalue weighted by Crippen LogP contribution is -2.34. The molecule has 3 rings (SSSR count). The van der Waals surface area contributed by atoms with Crippen LogP contribution in [-0.4, -0.2) is 40.0 Å². The van der Waals surface area contributed by atoms with Gasteiger partial charge >= 0.3 is 5.97 Å². The molecule has 1 aromatic heterocycles. The van der Waals surface area contributed by atoms with E-state index in [9.17, 15) is 14.7 Å². The van der Waals surface area contributed by atoms with Crippen LogP contribution in [0.1, 0.15) is 35.0 Å². The van der Waals surface area contributed by atoms with Gasteiger partial charge in [-0.15, -0.1) is 0 Å². The number of rotatable bonds is 2. The van der Waals surface area contributed by atoms with Crippen molar-refractivity contribution in [2.24, 2.45) is 5.41 Å². The molecule has 1 fully saturated rings. The summed E-state index contributed by atoms with van der Waals surface area (Å²) >= 11 is 0. The Morgan fingerprint density at radius 1 is 1.32 bits per heavy atom. The molecular formula is C17H20N2O3. The number of aromatic amines is 1. The number of nitrogens with zero attached hydrogens (tertiary/aromatic N) is 1. The highest BCUT2D eigenvalue weighted by molar-refractivity contribution is 5.99. The predicted molar refractivity (Wildman–Crippen MR) is 84.0 cm³/mol. The van der Waals surface area contributed by atoms with Crippen molar-refractivity contribution in [3.63, 3.8) is 0 Å². The van der Waals surface area contributed by atoms with Crippen molar-refractivity contribution in [2.45, 2.75) is 27.2 Å². The molecule has 0 spiro atoms. The van der Waals surface area contributed by atoms with Crippen LogP contribution in [0.2, 0.25) is 0 Å². The van der Waals surface area contributed by atoms with Crippen LogP contribution in [0.15, 0.2) is 18.2 Å². The summed E-state index contributed by atoms with van der Waals surface area (Å²) in [6, 6.07) is 5.61. The van der Waals surface area contributed by atoms with Crippen LogP contribution in [0.4, 0.5) is 0 Å². The minimum atomic E-state index is -0.838. The van der Waals surface area contributed by atoms with E-state index in [0.717, 1.165) is 22.2 Å². The van der Waals surface area contributed by atoms with Crippen molar-refractivity contribution in [2.75, 3.05) is 13.1 Å². The summed E-state index contributed by atoms with van der Waals surface area (Å²) in [5.74, 6) is -0.930. The molecule has 22 heavy (non-hydrogen) atoms. The van der Waals surface area contributed by atoms with Gasteiger partial charge in [-0.05, 0) is 51.0 Å². The normalized spacial score (nSPS) is 21.5. The Kier molecular flexibility index (Phi) is 3.24. The van der Waals surface area contributed by atoms with Crippen LogP contribution >= 0.6 is 0 Å². The molecule has 0 unspecified atom stereocenters. The van der Waals surface area contributed by atoms with Gasteiger partial charge in [0.05, 0.1) is 5.41 Å². The molecule has 1 aromatic carbocycles. The van der Waals surface area contributed by atoms with Gasteiger partial charge in [0.2, 0.25) is 0 Å². The first kappa shape index (κ1) is 14.6. The lowest BCUT2D eigenvalue weighted by atomic mass is 9.90. The zero-order valence-corrected chi connectivity index (χ0v) is 13.1. The van der Waals surface area contributed by atoms with Crippen molar-refractivity contribution in [1.29, 1.82) is 0 Å². The van der Waals surface area contributed by atoms with Gasteiger partial charge in [0.25, 0.3) is 5.91 Å². The number of carbonyl (C=O) groups is 2. The zero-order chi connectivity index (χ0) is 16.1. The summed E-state index contributed by atoms with van der Waals surface area (Å²) < 4.78 is 0. The SMILES string of the molecule is Cc1[nH]c2ccc(C(=O)N3CC[C@@](C)(C(=O)O)C3)cc2c1C. The summed E-state index contributed by atoms with van der Waals surface area (Å²) in [6.45, 7) is 6.50. The van der Waals surface area contributed by atoms with Gasteiger partial charge in [-0.3, -0.25) is 9.59 Å². The molecule has 1 saturated heterocycles. The van der Waals surface area contributed by atoms with E-state index in [0.29, 0.717) is 18.5 Å². The molecule has 0 saturated carbocycles. The molecule has 1 aliphatic heterocycles. The van der Waals surface area contributed by atoms with E-state index in [1.54, 1.807) is 17.9 Å². The number of aromatic nitrogens is 1. The molecule has 2 N–H and O–H groups in total. The maximum Gasteiger partial charge on any atom is 0.311 e. The number of likely N-dealkylation sites (tertiary alicyclic amines) is 1. The number of hydrogen-bond donors (Lipinski definition) is 2. The van der Waals surface area contributed by atoms with E-state index in [-0.39, 0.29) is 12.5 Å². The highest BCUT2D eigenvalue weighted by Crippen LogP contribution is 2.31. The first-order valence-electron chi connectivity index (χ1n) is 7.43. The molecule has 1 aliphatic rings. The fourth-order valence-electron chi connectivity index (χ4n) is 3.09. The highest BCUT2D eigenvalue weighted by Gasteiger charge is 2.42. The van der Waals surface area contributed by atoms with Gasteiger partial charge < -0.3 is 15.0 Å². The van der Waals surface area contributed by atoms with Crippen LogP contribution in [0.3, 0.4) is 0 Å². The molecular weight excluding hydrogens is 280 g/mol. The van der Waals surface area contributed by atoms with Gasteiger partial charge in [0.1, 0.15) is 0 Å². The molecule has 2 aromatic rings. The van der Waals surface area contributed by atoms with E-state index >= 15 is 0 Å². The van der Waals surface area contributed by atoms with Crippen LogP contribution in [0.25, 0.3) is 10.9 Å². The minimum absolute atomic E-state index is 0.0925. The van der Waals surface area contributed by atoms with Crippen LogP contribution in [0, 0.1) is 19.3 Å². The number of aliphatic carboxylic acids is 1. The Morgan fingerprint density at radius 3 is 2.68 bits per heavy atom. The number of H-pyrrole nitrogens is 1. The number of carbonyl (C=O) groups excluding carboxylic acids is 1. The van der Waals surface area contributed by atoms with Gasteiger partial charge in [0, 0.05) is 35.2 Å². The van der Waals surface area contributed by atoms with Crippen molar-refractivity contribution in [3.8, 4) is 0 Å². The molecule has 1 atom stereocenters. The van der Waals surface area contributed by atoms with Gasteiger partial charge in [0.15, 0.2) is 0 Å². The molecule has 0 aliphatic carbocycles. The van der Waals surface area contributed by atoms with Gasteiger partial charge in [-0.1, -0.05) is 0 Å². The smallest absolute Gasteiger partial charge is 0.311 e. The summed E-state index contributed by atoms with van der Waals surface area (Å²) in [7, 11) is 0. The second-order valence-electron chi connectivity index (χ2n) is 6.48. The first-order valence-corrected chi connectivity index (χ1v) is 7.43. The van der Waals surface area contributed by atoms with Crippen molar-refractivity contribution in [3.05, 3.63) is 35.0 Å². The Labute approximate surface area is 128 Å². The van der Waals surface area contributed by atoms with Crippen LogP contribution < -0.4 is 0 Å². The predicted octanol–water partition coefficient (Wildman–Crippen LogP) is 2.72. The monoisotopic (exact) mass is 300 g/mol. The van der Waals surface area contributed by atoms with Crippen LogP contribution in [-0.2, 0) is 4.79 Å². The van der Waals surface area contributed by atoms with Crippen molar-refractivity contribution in [1.82, 2.24) is 9.88 Å². The van der Waals surface area contributed by atoms with E-state index in [2.05, 4.69) is 4.98 Å². The summed E-state index contributed by atoms with van der Waals surface area (Å²) in [5.41, 5.74) is 3.04. The third kappa shape index (κ3) is 2.17. The molecule has 5 heteroatoms. The van der Waals surface area contributed by atoms with Crippen molar-refractivity contribution >= 4 is 22.8 Å². The number of nitrogens with one attached hydrogen (secondary N) is 1. The molecule has 116 valence electrons. The van der Waals surface area contributed by atoms with E-state index in [1.807, 2.05) is 26.0 Å². The number of carboxylic acid groups (broad SMARTS) is 1. The number of carboxylic acids is 1. The molecule has 0 radical (unpaired) electrons. The van der Waals surface area contributed by atoms with E-state index in [1.165, 1.54) is 0 Å². The third-order valence-electron chi connectivity index (χ3n) is 4.83. The molecule has 5 nitrogen and oxygen atoms in total. The second-order valence-corrected chi connectivity index (χ2v) is 6.48. The maximum absolute atomic E-state index is 12.6. The number of benzene rings is 1. The zero-order valence-electron chi connectivity index (χ0n) is 13.1. The minimum Gasteiger partial charge on any atom is -0.481 e. The lowest BCUT2D eigenvalue weighted by molar-refractivity contribution is -0.147. The fourth-order valence-corrected chi connectivity index (χ4v) is 3.09. The molecule has 1 amide bonds. The van der Waals surface area contributed by atoms with Gasteiger partial charge in [-0.25, -0.2) is 0 Å². The first-order chi connectivity index (χ1) is 10.3. The topological polar surface area (TPSA) is 73.4 Å².